The molecule has 0 saturated heterocycles. The van der Waals surface area contributed by atoms with Gasteiger partial charge in [-0.2, -0.15) is 0 Å². The van der Waals surface area contributed by atoms with E-state index in [2.05, 4.69) is 29.8 Å². The summed E-state index contributed by atoms with van der Waals surface area (Å²) < 4.78 is 2.49. The fourth-order valence-electron chi connectivity index (χ4n) is 3.66. The number of carbonyl (C=O) groups excluding carboxylic acids is 1. The van der Waals surface area contributed by atoms with Crippen LogP contribution in [0.5, 0.6) is 0 Å². The molecule has 1 N–H and O–H groups in total. The van der Waals surface area contributed by atoms with Gasteiger partial charge in [-0.1, -0.05) is 19.3 Å². The second-order valence-electron chi connectivity index (χ2n) is 7.01. The van der Waals surface area contributed by atoms with Crippen LogP contribution in [0.25, 0.3) is 6.08 Å². The molecule has 0 spiro atoms. The summed E-state index contributed by atoms with van der Waals surface area (Å²) in [4.78, 5) is 11.8. The monoisotopic (exact) mass is 300 g/mol. The van der Waals surface area contributed by atoms with Crippen LogP contribution in [-0.2, 0) is 4.79 Å². The first-order chi connectivity index (χ1) is 10.6. The molecule has 3 nitrogen and oxygen atoms in total. The van der Waals surface area contributed by atoms with E-state index in [-0.39, 0.29) is 5.91 Å². The number of hydrogen-bond donors (Lipinski definition) is 1. The summed E-state index contributed by atoms with van der Waals surface area (Å²) in [5.41, 5.74) is 3.81. The van der Waals surface area contributed by atoms with E-state index in [0.29, 0.717) is 6.04 Å². The van der Waals surface area contributed by atoms with Gasteiger partial charge in [0.05, 0.1) is 0 Å². The van der Waals surface area contributed by atoms with Gasteiger partial charge in [-0.3, -0.25) is 4.79 Å². The molecule has 0 bridgehead atoms. The standard InChI is InChI=1S/C19H28N2O/c1-14-12-17(10-11-19(22)20-13-16-8-9-16)15(2)21(14)18-6-4-3-5-7-18/h10-12,16,18H,3-9,13H2,1-2H3,(H,20,22). The lowest BCUT2D eigenvalue weighted by molar-refractivity contribution is -0.116. The minimum atomic E-state index is 0.0365. The molecule has 0 aliphatic heterocycles. The maximum absolute atomic E-state index is 11.8. The SMILES string of the molecule is Cc1cc(C=CC(=O)NCC2CC2)c(C)n1C1CCCCC1. The number of hydrogen-bond acceptors (Lipinski definition) is 1. The zero-order valence-corrected chi connectivity index (χ0v) is 13.9. The highest BCUT2D eigenvalue weighted by Crippen LogP contribution is 2.32. The number of nitrogens with zero attached hydrogens (tertiary/aromatic N) is 1. The Morgan fingerprint density at radius 3 is 2.64 bits per heavy atom. The first-order valence-electron chi connectivity index (χ1n) is 8.79. The van der Waals surface area contributed by atoms with Gasteiger partial charge in [-0.25, -0.2) is 0 Å². The molecule has 3 rings (SSSR count). The van der Waals surface area contributed by atoms with E-state index in [1.165, 1.54) is 61.9 Å². The van der Waals surface area contributed by atoms with Crippen molar-refractivity contribution in [3.05, 3.63) is 29.1 Å². The van der Waals surface area contributed by atoms with Crippen LogP contribution >= 0.6 is 0 Å². The Morgan fingerprint density at radius 2 is 1.95 bits per heavy atom. The van der Waals surface area contributed by atoms with Crippen LogP contribution in [0, 0.1) is 19.8 Å². The second-order valence-corrected chi connectivity index (χ2v) is 7.01. The number of rotatable bonds is 5. The third-order valence-electron chi connectivity index (χ3n) is 5.14. The van der Waals surface area contributed by atoms with Crippen LogP contribution < -0.4 is 5.32 Å². The fourth-order valence-corrected chi connectivity index (χ4v) is 3.66. The van der Waals surface area contributed by atoms with Crippen molar-refractivity contribution in [3.8, 4) is 0 Å². The molecule has 1 amide bonds. The summed E-state index contributed by atoms with van der Waals surface area (Å²) in [6.45, 7) is 5.21. The topological polar surface area (TPSA) is 34.0 Å². The molecule has 120 valence electrons. The van der Waals surface area contributed by atoms with Crippen LogP contribution in [0.4, 0.5) is 0 Å². The van der Waals surface area contributed by atoms with Crippen LogP contribution in [0.3, 0.4) is 0 Å². The lowest BCUT2D eigenvalue weighted by Crippen LogP contribution is -2.23. The van der Waals surface area contributed by atoms with Crippen molar-refractivity contribution in [1.82, 2.24) is 9.88 Å². The predicted molar refractivity (Wildman–Crippen MR) is 90.8 cm³/mol. The molecule has 1 aromatic heterocycles. The number of aryl methyl sites for hydroxylation is 1. The van der Waals surface area contributed by atoms with Crippen LogP contribution in [0.1, 0.15) is 67.9 Å². The lowest BCUT2D eigenvalue weighted by atomic mass is 9.95. The Kier molecular flexibility index (Phi) is 4.70. The summed E-state index contributed by atoms with van der Waals surface area (Å²) in [5, 5.41) is 2.99. The molecule has 0 unspecified atom stereocenters. The smallest absolute Gasteiger partial charge is 0.244 e. The highest BCUT2D eigenvalue weighted by molar-refractivity contribution is 5.91. The van der Waals surface area contributed by atoms with E-state index in [0.717, 1.165) is 12.5 Å². The first kappa shape index (κ1) is 15.4. The molecule has 0 atom stereocenters. The zero-order chi connectivity index (χ0) is 15.5. The molecule has 1 aromatic rings. The maximum atomic E-state index is 11.8. The van der Waals surface area contributed by atoms with Crippen molar-refractivity contribution in [1.29, 1.82) is 0 Å². The highest BCUT2D eigenvalue weighted by Gasteiger charge is 2.21. The Bertz CT molecular complexity index is 560. The maximum Gasteiger partial charge on any atom is 0.244 e. The molecule has 2 aliphatic rings. The molecule has 0 aromatic carbocycles. The van der Waals surface area contributed by atoms with Gasteiger partial charge in [0.15, 0.2) is 0 Å². The highest BCUT2D eigenvalue weighted by atomic mass is 16.1. The fraction of sp³-hybridized carbons (Fsp3) is 0.632. The number of amides is 1. The Balaban J connectivity index is 1.66. The predicted octanol–water partition coefficient (Wildman–Crippen LogP) is 4.15. The third-order valence-corrected chi connectivity index (χ3v) is 5.14. The van der Waals surface area contributed by atoms with Crippen molar-refractivity contribution in [2.75, 3.05) is 6.54 Å². The van der Waals surface area contributed by atoms with Gasteiger partial charge in [0.2, 0.25) is 5.91 Å². The average Bonchev–Trinajstić information content (AvgIpc) is 3.30. The van der Waals surface area contributed by atoms with Crippen molar-refractivity contribution in [2.24, 2.45) is 5.92 Å². The third kappa shape index (κ3) is 3.63. The Labute approximate surface area is 133 Å². The minimum Gasteiger partial charge on any atom is -0.352 e. The number of aromatic nitrogens is 1. The van der Waals surface area contributed by atoms with Crippen molar-refractivity contribution in [3.63, 3.8) is 0 Å². The van der Waals surface area contributed by atoms with Gasteiger partial charge in [0.25, 0.3) is 0 Å². The summed E-state index contributed by atoms with van der Waals surface area (Å²) >= 11 is 0. The average molecular weight is 300 g/mol. The number of carbonyl (C=O) groups is 1. The summed E-state index contributed by atoms with van der Waals surface area (Å²) in [6, 6.07) is 2.87. The lowest BCUT2D eigenvalue weighted by Gasteiger charge is -2.26. The summed E-state index contributed by atoms with van der Waals surface area (Å²) in [6.07, 6.45) is 12.9. The Hall–Kier alpha value is -1.51. The first-order valence-corrected chi connectivity index (χ1v) is 8.79. The largest absolute Gasteiger partial charge is 0.352 e. The van der Waals surface area contributed by atoms with Gasteiger partial charge >= 0.3 is 0 Å². The molecule has 1 heterocycles. The molecule has 3 heteroatoms. The molecular formula is C19H28N2O. The van der Waals surface area contributed by atoms with Crippen molar-refractivity contribution in [2.45, 2.75) is 64.8 Å². The number of nitrogens with one attached hydrogen (secondary N) is 1. The van der Waals surface area contributed by atoms with E-state index < -0.39 is 0 Å². The molecule has 22 heavy (non-hydrogen) atoms. The summed E-state index contributed by atoms with van der Waals surface area (Å²) in [5.74, 6) is 0.767. The van der Waals surface area contributed by atoms with E-state index in [1.54, 1.807) is 6.08 Å². The molecule has 0 radical (unpaired) electrons. The quantitative estimate of drug-likeness (QED) is 0.814. The normalized spacial score (nSPS) is 19.7. The van der Waals surface area contributed by atoms with Crippen LogP contribution in [0.15, 0.2) is 12.1 Å². The van der Waals surface area contributed by atoms with Gasteiger partial charge in [-0.15, -0.1) is 0 Å². The minimum absolute atomic E-state index is 0.0365. The molecule has 2 fully saturated rings. The van der Waals surface area contributed by atoms with Gasteiger partial charge in [0.1, 0.15) is 0 Å². The van der Waals surface area contributed by atoms with Crippen LogP contribution in [-0.4, -0.2) is 17.0 Å². The van der Waals surface area contributed by atoms with Gasteiger partial charge < -0.3 is 9.88 Å². The van der Waals surface area contributed by atoms with E-state index in [1.807, 2.05) is 6.08 Å². The van der Waals surface area contributed by atoms with Crippen molar-refractivity contribution < 1.29 is 4.79 Å². The van der Waals surface area contributed by atoms with Gasteiger partial charge in [-0.05, 0) is 63.2 Å². The molecular weight excluding hydrogens is 272 g/mol. The van der Waals surface area contributed by atoms with Gasteiger partial charge in [0, 0.05) is 30.1 Å². The second kappa shape index (κ2) is 6.72. The molecule has 2 saturated carbocycles. The van der Waals surface area contributed by atoms with E-state index >= 15 is 0 Å². The van der Waals surface area contributed by atoms with E-state index in [4.69, 9.17) is 0 Å². The van der Waals surface area contributed by atoms with Crippen LogP contribution in [0.2, 0.25) is 0 Å². The Morgan fingerprint density at radius 1 is 1.23 bits per heavy atom. The zero-order valence-electron chi connectivity index (χ0n) is 13.9. The summed E-state index contributed by atoms with van der Waals surface area (Å²) in [7, 11) is 0. The molecule has 2 aliphatic carbocycles. The van der Waals surface area contributed by atoms with E-state index in [9.17, 15) is 4.79 Å². The van der Waals surface area contributed by atoms with Crippen molar-refractivity contribution >= 4 is 12.0 Å².